The number of rotatable bonds is 4. The van der Waals surface area contributed by atoms with Gasteiger partial charge in [-0.2, -0.15) is 5.26 Å². The Morgan fingerprint density at radius 3 is 2.38 bits per heavy atom. The van der Waals surface area contributed by atoms with Crippen LogP contribution < -0.4 is 5.32 Å². The minimum absolute atomic E-state index is 0.00634. The number of alkyl carbamates (subject to hydrolysis) is 1. The van der Waals surface area contributed by atoms with Crippen molar-refractivity contribution in [1.82, 2.24) is 10.2 Å². The molecule has 2 amide bonds. The lowest BCUT2D eigenvalue weighted by Gasteiger charge is -2.30. The number of nitriles is 1. The Bertz CT molecular complexity index is 644. The Morgan fingerprint density at radius 1 is 1.27 bits per heavy atom. The molecule has 0 radical (unpaired) electrons. The number of nitrogens with zero attached hydrogens (tertiary/aromatic N) is 2. The smallest absolute Gasteiger partial charge is 0.408 e. The fourth-order valence-corrected chi connectivity index (χ4v) is 4.12. The summed E-state index contributed by atoms with van der Waals surface area (Å²) in [5, 5.41) is 11.9. The highest BCUT2D eigenvalue weighted by Gasteiger charge is 2.55. The largest absolute Gasteiger partial charge is 0.444 e. The summed E-state index contributed by atoms with van der Waals surface area (Å²) >= 11 is 0. The Morgan fingerprint density at radius 2 is 1.88 bits per heavy atom. The number of amides is 2. The van der Waals surface area contributed by atoms with Crippen molar-refractivity contribution in [1.29, 1.82) is 5.26 Å². The van der Waals surface area contributed by atoms with Gasteiger partial charge in [0.1, 0.15) is 17.7 Å². The van der Waals surface area contributed by atoms with E-state index in [-0.39, 0.29) is 17.7 Å². The number of likely N-dealkylation sites (tertiary alicyclic amines) is 1. The lowest BCUT2D eigenvalue weighted by Crippen LogP contribution is -2.54. The molecule has 146 valence electrons. The van der Waals surface area contributed by atoms with E-state index in [2.05, 4.69) is 11.4 Å². The zero-order valence-corrected chi connectivity index (χ0v) is 17.2. The molecule has 0 aromatic rings. The molecule has 0 aromatic carbocycles. The van der Waals surface area contributed by atoms with Gasteiger partial charge in [-0.25, -0.2) is 4.79 Å². The van der Waals surface area contributed by atoms with Gasteiger partial charge in [0, 0.05) is 21.6 Å². The van der Waals surface area contributed by atoms with Gasteiger partial charge in [0.25, 0.3) is 0 Å². The minimum atomic E-state index is -1.34. The van der Waals surface area contributed by atoms with Gasteiger partial charge in [-0.3, -0.25) is 9.00 Å². The normalized spacial score (nSPS) is 27.1. The van der Waals surface area contributed by atoms with Crippen molar-refractivity contribution >= 4 is 22.8 Å². The van der Waals surface area contributed by atoms with E-state index in [1.165, 1.54) is 0 Å². The second-order valence-electron chi connectivity index (χ2n) is 9.01. The van der Waals surface area contributed by atoms with Crippen LogP contribution in [0.2, 0.25) is 0 Å². The van der Waals surface area contributed by atoms with Crippen LogP contribution in [0.5, 0.6) is 0 Å². The van der Waals surface area contributed by atoms with Crippen molar-refractivity contribution in [2.75, 3.05) is 5.75 Å². The van der Waals surface area contributed by atoms with Crippen molar-refractivity contribution < 1.29 is 18.5 Å². The topological polar surface area (TPSA) is 99.5 Å². The number of carbonyl (C=O) groups is 2. The Kier molecular flexibility index (Phi) is 5.71. The van der Waals surface area contributed by atoms with Crippen LogP contribution in [0, 0.1) is 17.2 Å². The standard InChI is InChI=1S/C18H29N3O4S/c1-17(2,3)25-16(23)20-13(10-26(24)18(4,5)6)15(22)21-12(9-19)7-11-8-14(11)21/h11-14H,7-8,10H2,1-6H3,(H,20,23)/t11-,12+,13+,14+,26?/m1/s1. The quantitative estimate of drug-likeness (QED) is 0.800. The van der Waals surface area contributed by atoms with E-state index in [0.717, 1.165) is 6.42 Å². The average Bonchev–Trinajstić information content (AvgIpc) is 3.13. The SMILES string of the molecule is CC(C)(C)OC(=O)N[C@@H](CS(=O)C(C)(C)C)C(=O)N1[C@H](C#N)C[C@@H]2C[C@@H]21. The summed E-state index contributed by atoms with van der Waals surface area (Å²) in [5.74, 6) is 0.0251. The Hall–Kier alpha value is -1.62. The summed E-state index contributed by atoms with van der Waals surface area (Å²) in [7, 11) is -1.34. The molecule has 0 bridgehead atoms. The van der Waals surface area contributed by atoms with E-state index in [0.29, 0.717) is 12.3 Å². The van der Waals surface area contributed by atoms with Crippen LogP contribution in [0.4, 0.5) is 4.79 Å². The maximum Gasteiger partial charge on any atom is 0.408 e. The third-order valence-corrected chi connectivity index (χ3v) is 6.50. The third-order valence-electron chi connectivity index (χ3n) is 4.50. The highest BCUT2D eigenvalue weighted by Crippen LogP contribution is 2.47. The van der Waals surface area contributed by atoms with E-state index in [1.54, 1.807) is 25.7 Å². The molecule has 5 atom stereocenters. The van der Waals surface area contributed by atoms with Crippen molar-refractivity contribution in [3.8, 4) is 6.07 Å². The molecule has 2 rings (SSSR count). The molecule has 1 N–H and O–H groups in total. The molecule has 1 saturated carbocycles. The molecule has 1 aliphatic carbocycles. The van der Waals surface area contributed by atoms with E-state index >= 15 is 0 Å². The molecule has 0 aromatic heterocycles. The number of hydrogen-bond acceptors (Lipinski definition) is 5. The summed E-state index contributed by atoms with van der Waals surface area (Å²) in [6, 6.07) is 0.792. The van der Waals surface area contributed by atoms with Crippen molar-refractivity contribution in [3.63, 3.8) is 0 Å². The highest BCUT2D eigenvalue weighted by atomic mass is 32.2. The van der Waals surface area contributed by atoms with Gasteiger partial charge in [-0.15, -0.1) is 0 Å². The molecular weight excluding hydrogens is 354 g/mol. The number of hydrogen-bond donors (Lipinski definition) is 1. The summed E-state index contributed by atoms with van der Waals surface area (Å²) in [6.07, 6.45) is 0.849. The van der Waals surface area contributed by atoms with Gasteiger partial charge in [0.2, 0.25) is 5.91 Å². The van der Waals surface area contributed by atoms with Crippen molar-refractivity contribution in [2.45, 2.75) is 82.9 Å². The molecule has 0 spiro atoms. The highest BCUT2D eigenvalue weighted by molar-refractivity contribution is 7.86. The Balaban J connectivity index is 2.17. The van der Waals surface area contributed by atoms with E-state index < -0.39 is 39.3 Å². The first-order valence-electron chi connectivity index (χ1n) is 8.93. The van der Waals surface area contributed by atoms with E-state index in [1.807, 2.05) is 20.8 Å². The summed E-state index contributed by atoms with van der Waals surface area (Å²) in [5.41, 5.74) is -0.703. The molecule has 1 aliphatic heterocycles. The van der Waals surface area contributed by atoms with Gasteiger partial charge in [-0.1, -0.05) is 0 Å². The fourth-order valence-electron chi connectivity index (χ4n) is 3.09. The Labute approximate surface area is 157 Å². The lowest BCUT2D eigenvalue weighted by atomic mass is 10.1. The summed E-state index contributed by atoms with van der Waals surface area (Å²) < 4.78 is 17.3. The monoisotopic (exact) mass is 383 g/mol. The van der Waals surface area contributed by atoms with Gasteiger partial charge < -0.3 is 15.0 Å². The number of piperidine rings is 1. The van der Waals surface area contributed by atoms with Gasteiger partial charge in [-0.05, 0) is 60.3 Å². The molecule has 2 fully saturated rings. The first-order chi connectivity index (χ1) is 11.8. The number of carbonyl (C=O) groups excluding carboxylic acids is 2. The van der Waals surface area contributed by atoms with Crippen LogP contribution in [-0.4, -0.2) is 55.3 Å². The zero-order chi connectivity index (χ0) is 19.9. The van der Waals surface area contributed by atoms with Crippen LogP contribution in [0.1, 0.15) is 54.4 Å². The predicted octanol–water partition coefficient (Wildman–Crippen LogP) is 1.94. The molecule has 8 heteroatoms. The molecule has 1 unspecified atom stereocenters. The van der Waals surface area contributed by atoms with Crippen LogP contribution in [0.25, 0.3) is 0 Å². The lowest BCUT2D eigenvalue weighted by molar-refractivity contribution is -0.133. The molecule has 1 saturated heterocycles. The second-order valence-corrected chi connectivity index (χ2v) is 11.3. The van der Waals surface area contributed by atoms with Crippen LogP contribution in [-0.2, 0) is 20.3 Å². The first kappa shape index (κ1) is 20.7. The van der Waals surface area contributed by atoms with Crippen LogP contribution >= 0.6 is 0 Å². The minimum Gasteiger partial charge on any atom is -0.444 e. The average molecular weight is 384 g/mol. The predicted molar refractivity (Wildman–Crippen MR) is 98.7 cm³/mol. The summed E-state index contributed by atoms with van der Waals surface area (Å²) in [6.45, 7) is 10.7. The molecule has 7 nitrogen and oxygen atoms in total. The number of fused-ring (bicyclic) bond motifs is 1. The maximum atomic E-state index is 13.1. The fraction of sp³-hybridized carbons (Fsp3) is 0.833. The van der Waals surface area contributed by atoms with Gasteiger partial charge in [0.15, 0.2) is 0 Å². The van der Waals surface area contributed by atoms with Gasteiger partial charge in [0.05, 0.1) is 11.8 Å². The molecular formula is C18H29N3O4S. The summed E-state index contributed by atoms with van der Waals surface area (Å²) in [4.78, 5) is 26.9. The number of nitrogens with one attached hydrogen (secondary N) is 1. The molecule has 1 heterocycles. The van der Waals surface area contributed by atoms with E-state index in [9.17, 15) is 19.1 Å². The van der Waals surface area contributed by atoms with Crippen molar-refractivity contribution in [3.05, 3.63) is 0 Å². The first-order valence-corrected chi connectivity index (χ1v) is 10.2. The van der Waals surface area contributed by atoms with Gasteiger partial charge >= 0.3 is 6.09 Å². The van der Waals surface area contributed by atoms with Crippen molar-refractivity contribution in [2.24, 2.45) is 5.92 Å². The third kappa shape index (κ3) is 4.97. The zero-order valence-electron chi connectivity index (χ0n) is 16.4. The number of ether oxygens (including phenoxy) is 1. The van der Waals surface area contributed by atoms with E-state index in [4.69, 9.17) is 4.74 Å². The molecule has 2 aliphatic rings. The van der Waals surface area contributed by atoms with Crippen LogP contribution in [0.3, 0.4) is 0 Å². The van der Waals surface area contributed by atoms with Crippen LogP contribution in [0.15, 0.2) is 0 Å². The molecule has 26 heavy (non-hydrogen) atoms. The second kappa shape index (κ2) is 7.18. The maximum absolute atomic E-state index is 13.1.